The minimum absolute atomic E-state index is 0.315. The highest BCUT2D eigenvalue weighted by molar-refractivity contribution is 5.94. The largest absolute Gasteiger partial charge is 0.479 e. The summed E-state index contributed by atoms with van der Waals surface area (Å²) in [6, 6.07) is 6.83. The second-order valence-electron chi connectivity index (χ2n) is 3.69. The van der Waals surface area contributed by atoms with E-state index < -0.39 is 18.0 Å². The topological polar surface area (TPSA) is 86.6 Å². The van der Waals surface area contributed by atoms with Crippen molar-refractivity contribution in [1.29, 1.82) is 0 Å². The van der Waals surface area contributed by atoms with E-state index >= 15 is 0 Å². The number of hydrogen-bond acceptors (Lipinski definition) is 3. The molecule has 0 heterocycles. The lowest BCUT2D eigenvalue weighted by molar-refractivity contribution is -0.146. The Morgan fingerprint density at radius 1 is 1.33 bits per heavy atom. The first kappa shape index (κ1) is 13.9. The van der Waals surface area contributed by atoms with Crippen LogP contribution < -0.4 is 5.32 Å². The lowest BCUT2D eigenvalue weighted by Crippen LogP contribution is -2.36. The predicted molar refractivity (Wildman–Crippen MR) is 67.1 cm³/mol. The van der Waals surface area contributed by atoms with Gasteiger partial charge in [0.15, 0.2) is 6.10 Å². The number of carboxylic acids is 1. The van der Waals surface area contributed by atoms with E-state index in [9.17, 15) is 9.59 Å². The van der Waals surface area contributed by atoms with Crippen molar-refractivity contribution in [2.45, 2.75) is 13.0 Å². The third-order valence-corrected chi connectivity index (χ3v) is 2.27. The van der Waals surface area contributed by atoms with E-state index in [0.29, 0.717) is 5.56 Å². The third kappa shape index (κ3) is 4.03. The SMILES string of the molecule is C/C=C/c1ccc(C(=O)NCC(O)C(=O)O)cc1. The van der Waals surface area contributed by atoms with Crippen LogP contribution in [0.15, 0.2) is 30.3 Å². The number of benzene rings is 1. The number of aliphatic hydroxyl groups excluding tert-OH is 1. The van der Waals surface area contributed by atoms with Gasteiger partial charge in [0.2, 0.25) is 0 Å². The molecular formula is C13H15NO4. The van der Waals surface area contributed by atoms with Gasteiger partial charge >= 0.3 is 5.97 Å². The molecule has 0 spiro atoms. The smallest absolute Gasteiger partial charge is 0.334 e. The van der Waals surface area contributed by atoms with Crippen LogP contribution in [0.2, 0.25) is 0 Å². The Morgan fingerprint density at radius 2 is 1.94 bits per heavy atom. The minimum atomic E-state index is -1.59. The summed E-state index contributed by atoms with van der Waals surface area (Å²) in [6.07, 6.45) is 2.20. The van der Waals surface area contributed by atoms with E-state index in [0.717, 1.165) is 5.56 Å². The van der Waals surface area contributed by atoms with Crippen LogP contribution in [-0.4, -0.2) is 34.7 Å². The number of carboxylic acid groups (broad SMARTS) is 1. The van der Waals surface area contributed by atoms with Gasteiger partial charge in [-0.15, -0.1) is 0 Å². The van der Waals surface area contributed by atoms with E-state index in [4.69, 9.17) is 10.2 Å². The molecule has 0 radical (unpaired) electrons. The van der Waals surface area contributed by atoms with E-state index in [2.05, 4.69) is 5.32 Å². The first-order chi connectivity index (χ1) is 8.54. The Morgan fingerprint density at radius 3 is 2.44 bits per heavy atom. The molecule has 0 aliphatic heterocycles. The number of amides is 1. The number of rotatable bonds is 5. The highest BCUT2D eigenvalue weighted by Crippen LogP contribution is 2.06. The number of carbonyl (C=O) groups is 2. The number of hydrogen-bond donors (Lipinski definition) is 3. The van der Waals surface area contributed by atoms with Crippen LogP contribution >= 0.6 is 0 Å². The zero-order chi connectivity index (χ0) is 13.5. The molecule has 1 rings (SSSR count). The van der Waals surface area contributed by atoms with E-state index in [1.165, 1.54) is 0 Å². The summed E-state index contributed by atoms with van der Waals surface area (Å²) in [4.78, 5) is 22.0. The highest BCUT2D eigenvalue weighted by Gasteiger charge is 2.14. The first-order valence-corrected chi connectivity index (χ1v) is 5.46. The van der Waals surface area contributed by atoms with E-state index in [-0.39, 0.29) is 6.54 Å². The minimum Gasteiger partial charge on any atom is -0.479 e. The molecule has 18 heavy (non-hydrogen) atoms. The Bertz CT molecular complexity index is 451. The van der Waals surface area contributed by atoms with Gasteiger partial charge in [-0.3, -0.25) is 4.79 Å². The molecule has 0 saturated heterocycles. The number of carbonyl (C=O) groups excluding carboxylic acids is 1. The molecule has 5 nitrogen and oxygen atoms in total. The number of aliphatic hydroxyl groups is 1. The molecule has 1 amide bonds. The van der Waals surface area contributed by atoms with Gasteiger partial charge in [-0.2, -0.15) is 0 Å². The molecule has 1 aromatic carbocycles. The fraction of sp³-hybridized carbons (Fsp3) is 0.231. The van der Waals surface area contributed by atoms with Crippen LogP contribution in [-0.2, 0) is 4.79 Å². The van der Waals surface area contributed by atoms with Crippen molar-refractivity contribution in [3.8, 4) is 0 Å². The molecule has 0 aliphatic rings. The zero-order valence-corrected chi connectivity index (χ0v) is 9.96. The van der Waals surface area contributed by atoms with Gasteiger partial charge in [-0.05, 0) is 24.6 Å². The Labute approximate surface area is 105 Å². The molecule has 1 atom stereocenters. The number of nitrogens with one attached hydrogen (secondary N) is 1. The van der Waals surface area contributed by atoms with Gasteiger partial charge in [0.1, 0.15) is 0 Å². The highest BCUT2D eigenvalue weighted by atomic mass is 16.4. The standard InChI is InChI=1S/C13H15NO4/c1-2-3-9-4-6-10(7-5-9)12(16)14-8-11(15)13(17)18/h2-7,11,15H,8H2,1H3,(H,14,16)(H,17,18)/b3-2+. The molecular weight excluding hydrogens is 234 g/mol. The molecule has 0 bridgehead atoms. The Hall–Kier alpha value is -2.14. The van der Waals surface area contributed by atoms with Crippen LogP contribution in [0.3, 0.4) is 0 Å². The molecule has 5 heteroatoms. The van der Waals surface area contributed by atoms with Crippen molar-refractivity contribution in [3.63, 3.8) is 0 Å². The molecule has 0 aliphatic carbocycles. The van der Waals surface area contributed by atoms with Crippen LogP contribution in [0, 0.1) is 0 Å². The third-order valence-electron chi connectivity index (χ3n) is 2.27. The van der Waals surface area contributed by atoms with Crippen LogP contribution in [0.4, 0.5) is 0 Å². The van der Waals surface area contributed by atoms with Crippen molar-refractivity contribution in [3.05, 3.63) is 41.5 Å². The lowest BCUT2D eigenvalue weighted by Gasteiger charge is -2.07. The summed E-state index contributed by atoms with van der Waals surface area (Å²) in [5.74, 6) is -1.78. The molecule has 1 aromatic rings. The fourth-order valence-electron chi connectivity index (χ4n) is 1.32. The maximum atomic E-state index is 11.6. The van der Waals surface area contributed by atoms with E-state index in [1.807, 2.05) is 19.1 Å². The summed E-state index contributed by atoms with van der Waals surface area (Å²) in [7, 11) is 0. The maximum Gasteiger partial charge on any atom is 0.334 e. The van der Waals surface area contributed by atoms with Crippen molar-refractivity contribution in [2.24, 2.45) is 0 Å². The first-order valence-electron chi connectivity index (χ1n) is 5.46. The molecule has 0 aromatic heterocycles. The van der Waals surface area contributed by atoms with Crippen LogP contribution in [0.5, 0.6) is 0 Å². The van der Waals surface area contributed by atoms with Crippen LogP contribution in [0.25, 0.3) is 6.08 Å². The molecule has 1 unspecified atom stereocenters. The van der Waals surface area contributed by atoms with Gasteiger partial charge in [-0.25, -0.2) is 4.79 Å². The molecule has 3 N–H and O–H groups in total. The van der Waals surface area contributed by atoms with Gasteiger partial charge in [0.05, 0.1) is 6.54 Å². The monoisotopic (exact) mass is 249 g/mol. The summed E-state index contributed by atoms with van der Waals surface area (Å²) in [5.41, 5.74) is 1.39. The average Bonchev–Trinajstić information content (AvgIpc) is 2.36. The van der Waals surface area contributed by atoms with Crippen molar-refractivity contribution in [1.82, 2.24) is 5.32 Å². The molecule has 96 valence electrons. The second-order valence-corrected chi connectivity index (χ2v) is 3.69. The normalized spacial score (nSPS) is 12.3. The van der Waals surface area contributed by atoms with Gasteiger partial charge in [0, 0.05) is 5.56 Å². The van der Waals surface area contributed by atoms with Gasteiger partial charge in [0.25, 0.3) is 5.91 Å². The van der Waals surface area contributed by atoms with Crippen molar-refractivity contribution >= 4 is 18.0 Å². The maximum absolute atomic E-state index is 11.6. The van der Waals surface area contributed by atoms with E-state index in [1.54, 1.807) is 24.3 Å². The number of allylic oxidation sites excluding steroid dienone is 1. The summed E-state index contributed by atoms with van der Waals surface area (Å²) in [6.45, 7) is 1.58. The Balaban J connectivity index is 2.59. The molecule has 0 fully saturated rings. The predicted octanol–water partition coefficient (Wildman–Crippen LogP) is 0.895. The van der Waals surface area contributed by atoms with Crippen molar-refractivity contribution in [2.75, 3.05) is 6.54 Å². The number of aliphatic carboxylic acids is 1. The second kappa shape index (κ2) is 6.56. The van der Waals surface area contributed by atoms with Gasteiger partial charge in [-0.1, -0.05) is 24.3 Å². The zero-order valence-electron chi connectivity index (χ0n) is 9.96. The molecule has 0 saturated carbocycles. The summed E-state index contributed by atoms with van der Waals surface area (Å²) < 4.78 is 0. The van der Waals surface area contributed by atoms with Crippen molar-refractivity contribution < 1.29 is 19.8 Å². The summed E-state index contributed by atoms with van der Waals surface area (Å²) >= 11 is 0. The average molecular weight is 249 g/mol. The fourth-order valence-corrected chi connectivity index (χ4v) is 1.32. The Kier molecular flexibility index (Phi) is 5.07. The lowest BCUT2D eigenvalue weighted by atomic mass is 10.1. The summed E-state index contributed by atoms with van der Waals surface area (Å²) in [5, 5.41) is 19.8. The van der Waals surface area contributed by atoms with Gasteiger partial charge < -0.3 is 15.5 Å². The van der Waals surface area contributed by atoms with Crippen LogP contribution in [0.1, 0.15) is 22.8 Å². The quantitative estimate of drug-likeness (QED) is 0.723.